The lowest BCUT2D eigenvalue weighted by molar-refractivity contribution is -0.152. The van der Waals surface area contributed by atoms with Crippen LogP contribution >= 0.6 is 11.8 Å². The van der Waals surface area contributed by atoms with Crippen molar-refractivity contribution in [1.29, 1.82) is 0 Å². The van der Waals surface area contributed by atoms with Gasteiger partial charge in [-0.15, -0.1) is 11.8 Å². The molecule has 8 heteroatoms. The Kier molecular flexibility index (Phi) is 8.21. The number of carbonyl (C=O) groups is 3. The van der Waals surface area contributed by atoms with Crippen LogP contribution in [-0.2, 0) is 19.1 Å². The quantitative estimate of drug-likeness (QED) is 0.638. The summed E-state index contributed by atoms with van der Waals surface area (Å²) in [5, 5.41) is 4.67. The molecule has 0 fully saturated rings. The largest absolute Gasteiger partial charge is 0.452 e. The summed E-state index contributed by atoms with van der Waals surface area (Å²) in [5.74, 6) is -1.73. The maximum absolute atomic E-state index is 12.9. The van der Waals surface area contributed by atoms with Crippen molar-refractivity contribution < 1.29 is 23.5 Å². The summed E-state index contributed by atoms with van der Waals surface area (Å²) in [7, 11) is 0. The van der Waals surface area contributed by atoms with Crippen molar-refractivity contribution >= 4 is 40.9 Å². The van der Waals surface area contributed by atoms with Crippen LogP contribution in [-0.4, -0.2) is 34.9 Å². The number of thioether (sulfide) groups is 1. The monoisotopic (exact) mass is 418 g/mol. The van der Waals surface area contributed by atoms with Gasteiger partial charge in [0, 0.05) is 11.4 Å². The van der Waals surface area contributed by atoms with E-state index >= 15 is 0 Å². The van der Waals surface area contributed by atoms with Crippen LogP contribution in [0, 0.1) is 12.7 Å². The molecule has 0 aliphatic rings. The first-order valence-electron chi connectivity index (χ1n) is 8.99. The first kappa shape index (κ1) is 22.4. The number of anilines is 2. The van der Waals surface area contributed by atoms with Crippen LogP contribution in [0.5, 0.6) is 0 Å². The molecule has 0 aliphatic heterocycles. The molecule has 29 heavy (non-hydrogen) atoms. The van der Waals surface area contributed by atoms with Gasteiger partial charge in [-0.1, -0.05) is 12.1 Å². The smallest absolute Gasteiger partial charge is 0.319 e. The molecule has 0 bridgehead atoms. The van der Waals surface area contributed by atoms with Crippen molar-refractivity contribution in [3.63, 3.8) is 0 Å². The summed E-state index contributed by atoms with van der Waals surface area (Å²) < 4.78 is 18.1. The Hall–Kier alpha value is -2.87. The Balaban J connectivity index is 1.76. The Bertz CT molecular complexity index is 873. The van der Waals surface area contributed by atoms with Crippen LogP contribution in [0.2, 0.25) is 0 Å². The van der Waals surface area contributed by atoms with Gasteiger partial charge >= 0.3 is 5.97 Å². The zero-order valence-electron chi connectivity index (χ0n) is 16.4. The highest BCUT2D eigenvalue weighted by atomic mass is 32.2. The molecule has 0 spiro atoms. The number of benzene rings is 2. The number of amides is 2. The summed E-state index contributed by atoms with van der Waals surface area (Å²) in [4.78, 5) is 36.3. The molecule has 0 aromatic heterocycles. The highest BCUT2D eigenvalue weighted by Crippen LogP contribution is 2.16. The second kappa shape index (κ2) is 10.6. The van der Waals surface area contributed by atoms with E-state index in [4.69, 9.17) is 4.74 Å². The van der Waals surface area contributed by atoms with Gasteiger partial charge in [0.05, 0.1) is 5.75 Å². The summed E-state index contributed by atoms with van der Waals surface area (Å²) in [6.45, 7) is 5.00. The normalized spacial score (nSPS) is 12.6. The summed E-state index contributed by atoms with van der Waals surface area (Å²) in [6.07, 6.45) is -0.973. The van der Waals surface area contributed by atoms with Gasteiger partial charge in [-0.25, -0.2) is 4.39 Å². The number of hydrogen-bond acceptors (Lipinski definition) is 5. The van der Waals surface area contributed by atoms with Crippen LogP contribution < -0.4 is 10.6 Å². The molecule has 2 aromatic carbocycles. The predicted octanol–water partition coefficient (Wildman–Crippen LogP) is 3.76. The molecule has 0 aliphatic carbocycles. The molecular weight excluding hydrogens is 395 g/mol. The molecule has 2 amide bonds. The van der Waals surface area contributed by atoms with E-state index in [0.29, 0.717) is 11.4 Å². The number of halogens is 1. The van der Waals surface area contributed by atoms with Crippen LogP contribution in [0.15, 0.2) is 48.5 Å². The van der Waals surface area contributed by atoms with E-state index < -0.39 is 29.0 Å². The Morgan fingerprint density at radius 3 is 2.38 bits per heavy atom. The van der Waals surface area contributed by atoms with Gasteiger partial charge in [-0.3, -0.25) is 14.4 Å². The fraction of sp³-hybridized carbons (Fsp3) is 0.286. The minimum Gasteiger partial charge on any atom is -0.452 e. The van der Waals surface area contributed by atoms with Crippen molar-refractivity contribution in [1.82, 2.24) is 0 Å². The number of carbonyl (C=O) groups excluding carboxylic acids is 3. The van der Waals surface area contributed by atoms with Crippen LogP contribution in [0.1, 0.15) is 19.4 Å². The van der Waals surface area contributed by atoms with E-state index in [1.165, 1.54) is 31.2 Å². The van der Waals surface area contributed by atoms with Crippen molar-refractivity contribution in [3.05, 3.63) is 59.9 Å². The first-order valence-corrected chi connectivity index (χ1v) is 10.0. The third-order valence-electron chi connectivity index (χ3n) is 3.87. The molecular formula is C21H23FN2O4S. The third-order valence-corrected chi connectivity index (χ3v) is 4.99. The van der Waals surface area contributed by atoms with Gasteiger partial charge in [0.15, 0.2) is 6.10 Å². The lowest BCUT2D eigenvalue weighted by Crippen LogP contribution is -2.33. The minimum atomic E-state index is -0.973. The van der Waals surface area contributed by atoms with E-state index in [1.807, 2.05) is 25.1 Å². The molecule has 6 nitrogen and oxygen atoms in total. The summed E-state index contributed by atoms with van der Waals surface area (Å²) >= 11 is 1.08. The van der Waals surface area contributed by atoms with E-state index in [-0.39, 0.29) is 11.7 Å². The van der Waals surface area contributed by atoms with Gasteiger partial charge in [0.2, 0.25) is 5.91 Å². The van der Waals surface area contributed by atoms with E-state index in [9.17, 15) is 18.8 Å². The maximum Gasteiger partial charge on any atom is 0.319 e. The number of ether oxygens (including phenoxy) is 1. The van der Waals surface area contributed by atoms with E-state index in [2.05, 4.69) is 10.6 Å². The van der Waals surface area contributed by atoms with Crippen LogP contribution in [0.25, 0.3) is 0 Å². The number of hydrogen-bond donors (Lipinski definition) is 2. The Labute approximate surface area is 173 Å². The van der Waals surface area contributed by atoms with Gasteiger partial charge in [0.25, 0.3) is 5.91 Å². The standard InChI is InChI=1S/C21H23FN2O4S/c1-13-5-4-6-18(11-13)24-20(26)14(2)28-21(27)15(3)29-12-19(25)23-17-9-7-16(22)8-10-17/h4-11,14-15H,12H2,1-3H3,(H,23,25)(H,24,26). The number of aryl methyl sites for hydroxylation is 1. The molecule has 2 aromatic rings. The average Bonchev–Trinajstić information content (AvgIpc) is 2.67. The van der Waals surface area contributed by atoms with Crippen LogP contribution in [0.3, 0.4) is 0 Å². The van der Waals surface area contributed by atoms with Gasteiger partial charge < -0.3 is 15.4 Å². The number of nitrogens with one attached hydrogen (secondary N) is 2. The van der Waals surface area contributed by atoms with Crippen molar-refractivity contribution in [2.75, 3.05) is 16.4 Å². The van der Waals surface area contributed by atoms with Gasteiger partial charge in [-0.2, -0.15) is 0 Å². The molecule has 154 valence electrons. The second-order valence-electron chi connectivity index (χ2n) is 6.45. The highest BCUT2D eigenvalue weighted by Gasteiger charge is 2.23. The summed E-state index contributed by atoms with van der Waals surface area (Å²) in [6, 6.07) is 12.7. The first-order chi connectivity index (χ1) is 13.7. The lowest BCUT2D eigenvalue weighted by atomic mass is 10.2. The van der Waals surface area contributed by atoms with Gasteiger partial charge in [0.1, 0.15) is 11.1 Å². The SMILES string of the molecule is Cc1cccc(NC(=O)C(C)OC(=O)C(C)SCC(=O)Nc2ccc(F)cc2)c1. The molecule has 2 atom stereocenters. The zero-order valence-corrected chi connectivity index (χ0v) is 17.2. The van der Waals surface area contributed by atoms with Crippen molar-refractivity contribution in [3.8, 4) is 0 Å². The molecule has 0 saturated carbocycles. The zero-order chi connectivity index (χ0) is 21.4. The molecule has 2 unspecified atom stereocenters. The average molecular weight is 418 g/mol. The molecule has 0 heterocycles. The fourth-order valence-electron chi connectivity index (χ4n) is 2.29. The maximum atomic E-state index is 12.9. The van der Waals surface area contributed by atoms with Crippen molar-refractivity contribution in [2.24, 2.45) is 0 Å². The second-order valence-corrected chi connectivity index (χ2v) is 7.78. The number of esters is 1. The molecule has 2 N–H and O–H groups in total. The van der Waals surface area contributed by atoms with Crippen molar-refractivity contribution in [2.45, 2.75) is 32.1 Å². The minimum absolute atomic E-state index is 0.0114. The Morgan fingerprint density at radius 2 is 1.72 bits per heavy atom. The van der Waals surface area contributed by atoms with E-state index in [1.54, 1.807) is 13.0 Å². The lowest BCUT2D eigenvalue weighted by Gasteiger charge is -2.16. The predicted molar refractivity (Wildman–Crippen MR) is 112 cm³/mol. The van der Waals surface area contributed by atoms with Gasteiger partial charge in [-0.05, 0) is 62.7 Å². The molecule has 0 radical (unpaired) electrons. The molecule has 0 saturated heterocycles. The molecule has 2 rings (SSSR count). The highest BCUT2D eigenvalue weighted by molar-refractivity contribution is 8.01. The van der Waals surface area contributed by atoms with E-state index in [0.717, 1.165) is 17.3 Å². The van der Waals surface area contributed by atoms with Crippen LogP contribution in [0.4, 0.5) is 15.8 Å². The topological polar surface area (TPSA) is 84.5 Å². The number of rotatable bonds is 8. The Morgan fingerprint density at radius 1 is 1.03 bits per heavy atom. The summed E-state index contributed by atoms with van der Waals surface area (Å²) in [5.41, 5.74) is 2.09. The fourth-order valence-corrected chi connectivity index (χ4v) is 2.95. The third kappa shape index (κ3) is 7.57.